The molecule has 1 aliphatic rings. The minimum absolute atomic E-state index is 0.139. The fraction of sp³-hybridized carbons (Fsp3) is 0.688. The third kappa shape index (κ3) is 5.25. The molecule has 1 fully saturated rings. The smallest absolute Gasteiger partial charge is 0.220 e. The molecule has 0 bridgehead atoms. The van der Waals surface area contributed by atoms with Gasteiger partial charge in [-0.25, -0.2) is 0 Å². The summed E-state index contributed by atoms with van der Waals surface area (Å²) in [5.74, 6) is 0.415. The van der Waals surface area contributed by atoms with E-state index in [-0.39, 0.29) is 17.9 Å². The van der Waals surface area contributed by atoms with Crippen molar-refractivity contribution in [3.63, 3.8) is 0 Å². The molecule has 1 aliphatic carbocycles. The standard InChI is InChI=1S/C16H25NO2S/c18-15-9-4-6-13(15)12-17-16(19)10-3-1-2-7-14-8-5-11-20-14/h5,8,11,13,15,18H,1-4,6-7,9-10,12H2,(H,17,19). The normalized spacial score (nSPS) is 22.1. The molecule has 2 N–H and O–H groups in total. The lowest BCUT2D eigenvalue weighted by Crippen LogP contribution is -2.32. The van der Waals surface area contributed by atoms with E-state index in [1.807, 2.05) is 0 Å². The van der Waals surface area contributed by atoms with E-state index in [4.69, 9.17) is 0 Å². The van der Waals surface area contributed by atoms with Crippen LogP contribution in [0.5, 0.6) is 0 Å². The Bertz CT molecular complexity index is 391. The number of aliphatic hydroxyl groups excluding tert-OH is 1. The molecule has 0 aromatic carbocycles. The number of carbonyl (C=O) groups excluding carboxylic acids is 1. The number of aryl methyl sites for hydroxylation is 1. The molecule has 1 aromatic rings. The van der Waals surface area contributed by atoms with Crippen LogP contribution in [0.25, 0.3) is 0 Å². The minimum atomic E-state index is -0.207. The zero-order chi connectivity index (χ0) is 14.2. The second kappa shape index (κ2) is 8.42. The molecule has 1 saturated carbocycles. The van der Waals surface area contributed by atoms with Gasteiger partial charge in [0.2, 0.25) is 5.91 Å². The number of amides is 1. The molecule has 1 heterocycles. The Balaban J connectivity index is 1.47. The van der Waals surface area contributed by atoms with Crippen LogP contribution in [0.2, 0.25) is 0 Å². The zero-order valence-electron chi connectivity index (χ0n) is 12.0. The lowest BCUT2D eigenvalue weighted by atomic mass is 10.1. The predicted molar refractivity (Wildman–Crippen MR) is 82.8 cm³/mol. The van der Waals surface area contributed by atoms with Crippen LogP contribution in [0.15, 0.2) is 17.5 Å². The van der Waals surface area contributed by atoms with Crippen LogP contribution in [-0.2, 0) is 11.2 Å². The summed E-state index contributed by atoms with van der Waals surface area (Å²) in [6, 6.07) is 4.26. The molecule has 0 spiro atoms. The van der Waals surface area contributed by atoms with Crippen LogP contribution in [-0.4, -0.2) is 23.7 Å². The third-order valence-electron chi connectivity index (χ3n) is 4.09. The first-order valence-corrected chi connectivity index (χ1v) is 8.61. The van der Waals surface area contributed by atoms with Crippen LogP contribution in [0.1, 0.15) is 49.8 Å². The van der Waals surface area contributed by atoms with E-state index in [1.54, 1.807) is 11.3 Å². The van der Waals surface area contributed by atoms with Gasteiger partial charge in [-0.3, -0.25) is 4.79 Å². The number of carbonyl (C=O) groups is 1. The molecule has 4 heteroatoms. The van der Waals surface area contributed by atoms with Gasteiger partial charge in [0, 0.05) is 23.8 Å². The third-order valence-corrected chi connectivity index (χ3v) is 5.02. The lowest BCUT2D eigenvalue weighted by molar-refractivity contribution is -0.121. The van der Waals surface area contributed by atoms with Crippen molar-refractivity contribution < 1.29 is 9.90 Å². The summed E-state index contributed by atoms with van der Waals surface area (Å²) in [7, 11) is 0. The van der Waals surface area contributed by atoms with Gasteiger partial charge in [0.25, 0.3) is 0 Å². The van der Waals surface area contributed by atoms with Gasteiger partial charge in [0.05, 0.1) is 6.10 Å². The van der Waals surface area contributed by atoms with Crippen molar-refractivity contribution in [1.29, 1.82) is 0 Å². The molecule has 112 valence electrons. The van der Waals surface area contributed by atoms with Crippen LogP contribution < -0.4 is 5.32 Å². The van der Waals surface area contributed by atoms with E-state index < -0.39 is 0 Å². The number of aliphatic hydroxyl groups is 1. The Labute approximate surface area is 125 Å². The van der Waals surface area contributed by atoms with Crippen LogP contribution in [0.3, 0.4) is 0 Å². The quantitative estimate of drug-likeness (QED) is 0.724. The predicted octanol–water partition coefficient (Wildman–Crippen LogP) is 3.13. The van der Waals surface area contributed by atoms with E-state index in [0.717, 1.165) is 44.9 Å². The highest BCUT2D eigenvalue weighted by molar-refractivity contribution is 7.09. The highest BCUT2D eigenvalue weighted by atomic mass is 32.1. The van der Waals surface area contributed by atoms with Crippen LogP contribution in [0, 0.1) is 5.92 Å². The molecule has 0 saturated heterocycles. The monoisotopic (exact) mass is 295 g/mol. The van der Waals surface area contributed by atoms with Gasteiger partial charge < -0.3 is 10.4 Å². The SMILES string of the molecule is O=C(CCCCCc1cccs1)NCC1CCCC1O. The molecule has 2 rings (SSSR count). The highest BCUT2D eigenvalue weighted by Gasteiger charge is 2.25. The van der Waals surface area contributed by atoms with Gasteiger partial charge in [0.15, 0.2) is 0 Å². The Morgan fingerprint density at radius 2 is 2.25 bits per heavy atom. The number of hydrogen-bond acceptors (Lipinski definition) is 3. The number of unbranched alkanes of at least 4 members (excludes halogenated alkanes) is 2. The minimum Gasteiger partial charge on any atom is -0.393 e. The molecule has 0 radical (unpaired) electrons. The molecule has 20 heavy (non-hydrogen) atoms. The molecule has 2 unspecified atom stereocenters. The summed E-state index contributed by atoms with van der Waals surface area (Å²) >= 11 is 1.81. The highest BCUT2D eigenvalue weighted by Crippen LogP contribution is 2.24. The first-order valence-electron chi connectivity index (χ1n) is 7.73. The van der Waals surface area contributed by atoms with Crippen molar-refractivity contribution in [3.8, 4) is 0 Å². The molecular formula is C16H25NO2S. The lowest BCUT2D eigenvalue weighted by Gasteiger charge is -2.14. The second-order valence-corrected chi connectivity index (χ2v) is 6.73. The fourth-order valence-electron chi connectivity index (χ4n) is 2.81. The molecule has 0 aliphatic heterocycles. The number of nitrogens with one attached hydrogen (secondary N) is 1. The summed E-state index contributed by atoms with van der Waals surface area (Å²) in [6.07, 6.45) is 7.80. The van der Waals surface area contributed by atoms with Crippen LogP contribution in [0.4, 0.5) is 0 Å². The van der Waals surface area contributed by atoms with Gasteiger partial charge in [-0.05, 0) is 43.6 Å². The van der Waals surface area contributed by atoms with Crippen molar-refractivity contribution in [2.75, 3.05) is 6.54 Å². The van der Waals surface area contributed by atoms with E-state index in [0.29, 0.717) is 13.0 Å². The molecular weight excluding hydrogens is 270 g/mol. The van der Waals surface area contributed by atoms with Gasteiger partial charge in [-0.1, -0.05) is 18.9 Å². The van der Waals surface area contributed by atoms with Gasteiger partial charge in [-0.15, -0.1) is 11.3 Å². The summed E-state index contributed by atoms with van der Waals surface area (Å²) in [6.45, 7) is 0.648. The molecule has 3 nitrogen and oxygen atoms in total. The van der Waals surface area contributed by atoms with Crippen molar-refractivity contribution in [1.82, 2.24) is 5.32 Å². The average Bonchev–Trinajstić information content (AvgIpc) is 3.08. The largest absolute Gasteiger partial charge is 0.393 e. The topological polar surface area (TPSA) is 49.3 Å². The number of hydrogen-bond donors (Lipinski definition) is 2. The summed E-state index contributed by atoms with van der Waals surface area (Å²) in [4.78, 5) is 13.1. The maximum atomic E-state index is 11.7. The van der Waals surface area contributed by atoms with Crippen molar-refractivity contribution in [2.45, 2.75) is 57.5 Å². The van der Waals surface area contributed by atoms with Gasteiger partial charge >= 0.3 is 0 Å². The second-order valence-electron chi connectivity index (χ2n) is 5.70. The first kappa shape index (κ1) is 15.5. The zero-order valence-corrected chi connectivity index (χ0v) is 12.8. The van der Waals surface area contributed by atoms with E-state index in [9.17, 15) is 9.90 Å². The molecule has 1 amide bonds. The Morgan fingerprint density at radius 3 is 2.95 bits per heavy atom. The van der Waals surface area contributed by atoms with Crippen molar-refractivity contribution in [2.24, 2.45) is 5.92 Å². The van der Waals surface area contributed by atoms with E-state index in [1.165, 1.54) is 4.88 Å². The molecule has 1 aromatic heterocycles. The summed E-state index contributed by atoms with van der Waals surface area (Å²) in [5.41, 5.74) is 0. The number of thiophene rings is 1. The average molecular weight is 295 g/mol. The maximum absolute atomic E-state index is 11.7. The maximum Gasteiger partial charge on any atom is 0.220 e. The first-order chi connectivity index (χ1) is 9.75. The summed E-state index contributed by atoms with van der Waals surface area (Å²) < 4.78 is 0. The van der Waals surface area contributed by atoms with Gasteiger partial charge in [-0.2, -0.15) is 0 Å². The number of rotatable bonds is 8. The van der Waals surface area contributed by atoms with Gasteiger partial charge in [0.1, 0.15) is 0 Å². The van der Waals surface area contributed by atoms with Crippen molar-refractivity contribution >= 4 is 17.2 Å². The van der Waals surface area contributed by atoms with E-state index in [2.05, 4.69) is 22.8 Å². The summed E-state index contributed by atoms with van der Waals surface area (Å²) in [5, 5.41) is 14.8. The Morgan fingerprint density at radius 1 is 1.35 bits per heavy atom. The van der Waals surface area contributed by atoms with Crippen molar-refractivity contribution in [3.05, 3.63) is 22.4 Å². The van der Waals surface area contributed by atoms with E-state index >= 15 is 0 Å². The fourth-order valence-corrected chi connectivity index (χ4v) is 3.56. The Kier molecular flexibility index (Phi) is 6.54. The Hall–Kier alpha value is -0.870. The van der Waals surface area contributed by atoms with Crippen LogP contribution >= 0.6 is 11.3 Å². The molecule has 2 atom stereocenters.